The van der Waals surface area contributed by atoms with Gasteiger partial charge in [0.1, 0.15) is 11.1 Å². The number of benzene rings is 2. The molecule has 2 amide bonds. The average molecular weight is 362 g/mol. The number of carbonyl (C=O) groups is 2. The molecule has 2 aromatic rings. The van der Waals surface area contributed by atoms with Crippen molar-refractivity contribution in [2.24, 2.45) is 0 Å². The lowest BCUT2D eigenvalue weighted by molar-refractivity contribution is -0.130. The molecule has 130 valence electrons. The molecular weight excluding hydrogens is 348 g/mol. The molecule has 0 radical (unpaired) electrons. The lowest BCUT2D eigenvalue weighted by Gasteiger charge is -2.25. The van der Waals surface area contributed by atoms with Gasteiger partial charge in [0.25, 0.3) is 11.8 Å². The minimum atomic E-state index is -0.762. The second kappa shape index (κ2) is 6.44. The Kier molecular flexibility index (Phi) is 4.32. The minimum absolute atomic E-state index is 0.00567. The molecule has 1 aliphatic heterocycles. The number of hydrazine groups is 1. The highest BCUT2D eigenvalue weighted by atomic mass is 32.2. The average Bonchev–Trinajstić information content (AvgIpc) is 2.93. The molecule has 0 aliphatic carbocycles. The van der Waals surface area contributed by atoms with E-state index in [9.17, 15) is 30.0 Å². The van der Waals surface area contributed by atoms with Crippen molar-refractivity contribution in [1.82, 2.24) is 10.4 Å². The lowest BCUT2D eigenvalue weighted by atomic mass is 10.1. The fourth-order valence-electron chi connectivity index (χ4n) is 2.38. The van der Waals surface area contributed by atoms with Crippen LogP contribution in [0.15, 0.2) is 36.4 Å². The summed E-state index contributed by atoms with van der Waals surface area (Å²) in [7, 11) is 0. The molecule has 5 N–H and O–H groups in total. The Morgan fingerprint density at radius 3 is 2.36 bits per heavy atom. The second-order valence-electron chi connectivity index (χ2n) is 5.29. The van der Waals surface area contributed by atoms with E-state index in [1.54, 1.807) is 18.2 Å². The SMILES string of the molecule is O=C(NN1C(=O)CSC1c1ccccc1O)c1cc(O)c(O)c(O)c1. The van der Waals surface area contributed by atoms with Crippen molar-refractivity contribution in [3.05, 3.63) is 47.5 Å². The van der Waals surface area contributed by atoms with Gasteiger partial charge in [0.2, 0.25) is 0 Å². The summed E-state index contributed by atoms with van der Waals surface area (Å²) in [5.74, 6) is -3.08. The van der Waals surface area contributed by atoms with Gasteiger partial charge in [-0.25, -0.2) is 5.01 Å². The largest absolute Gasteiger partial charge is 0.508 e. The predicted octanol–water partition coefficient (Wildman–Crippen LogP) is 1.43. The number of thioether (sulfide) groups is 1. The third-order valence-corrected chi connectivity index (χ3v) is 4.82. The molecule has 0 spiro atoms. The Morgan fingerprint density at radius 2 is 1.72 bits per heavy atom. The van der Waals surface area contributed by atoms with Crippen LogP contribution in [0.3, 0.4) is 0 Å². The number of phenols is 4. The standard InChI is InChI=1S/C16H14N2O6S/c19-10-4-2-1-3-9(10)16-18(13(22)7-25-16)17-15(24)8-5-11(20)14(23)12(21)6-8/h1-6,16,19-21,23H,7H2,(H,17,24). The Morgan fingerprint density at radius 1 is 1.08 bits per heavy atom. The number of amides is 2. The predicted molar refractivity (Wildman–Crippen MR) is 89.1 cm³/mol. The lowest BCUT2D eigenvalue weighted by Crippen LogP contribution is -2.44. The molecule has 1 heterocycles. The quantitative estimate of drug-likeness (QED) is 0.522. The molecule has 1 unspecified atom stereocenters. The summed E-state index contributed by atoms with van der Waals surface area (Å²) in [6.45, 7) is 0. The first-order valence-corrected chi connectivity index (χ1v) is 8.21. The summed E-state index contributed by atoms with van der Waals surface area (Å²) in [5.41, 5.74) is 2.73. The molecule has 0 aromatic heterocycles. The maximum absolute atomic E-state index is 12.3. The summed E-state index contributed by atoms with van der Waals surface area (Å²) in [6.07, 6.45) is 0. The first kappa shape index (κ1) is 16.8. The van der Waals surface area contributed by atoms with Gasteiger partial charge in [-0.1, -0.05) is 18.2 Å². The van der Waals surface area contributed by atoms with Crippen molar-refractivity contribution in [1.29, 1.82) is 0 Å². The topological polar surface area (TPSA) is 130 Å². The van der Waals surface area contributed by atoms with Crippen LogP contribution in [-0.2, 0) is 4.79 Å². The Labute approximate surface area is 146 Å². The summed E-state index contributed by atoms with van der Waals surface area (Å²) in [6, 6.07) is 8.40. The van der Waals surface area contributed by atoms with Crippen LogP contribution in [0.5, 0.6) is 23.0 Å². The van der Waals surface area contributed by atoms with E-state index in [1.807, 2.05) is 0 Å². The van der Waals surface area contributed by atoms with E-state index < -0.39 is 28.5 Å². The van der Waals surface area contributed by atoms with Crippen LogP contribution in [0.2, 0.25) is 0 Å². The number of hydrogen-bond acceptors (Lipinski definition) is 7. The summed E-state index contributed by atoms with van der Waals surface area (Å²) in [4.78, 5) is 24.4. The van der Waals surface area contributed by atoms with E-state index in [0.29, 0.717) is 5.56 Å². The van der Waals surface area contributed by atoms with E-state index >= 15 is 0 Å². The molecular formula is C16H14N2O6S. The zero-order valence-corrected chi connectivity index (χ0v) is 13.5. The van der Waals surface area contributed by atoms with Crippen molar-refractivity contribution in [2.45, 2.75) is 5.37 Å². The fraction of sp³-hybridized carbons (Fsp3) is 0.125. The number of phenolic OH excluding ortho intramolecular Hbond substituents is 4. The van der Waals surface area contributed by atoms with Crippen molar-refractivity contribution < 1.29 is 30.0 Å². The Balaban J connectivity index is 1.86. The number of rotatable bonds is 3. The molecule has 25 heavy (non-hydrogen) atoms. The monoisotopic (exact) mass is 362 g/mol. The summed E-state index contributed by atoms with van der Waals surface area (Å²) in [5, 5.41) is 38.8. The molecule has 9 heteroatoms. The number of aromatic hydroxyl groups is 4. The van der Waals surface area contributed by atoms with Gasteiger partial charge in [0.05, 0.1) is 5.75 Å². The molecule has 0 saturated carbocycles. The van der Waals surface area contributed by atoms with Crippen LogP contribution < -0.4 is 5.43 Å². The van der Waals surface area contributed by atoms with E-state index in [1.165, 1.54) is 17.8 Å². The zero-order chi connectivity index (χ0) is 18.1. The number of para-hydroxylation sites is 1. The Hall–Kier alpha value is -3.07. The van der Waals surface area contributed by atoms with Crippen LogP contribution in [0.4, 0.5) is 0 Å². The first-order valence-electron chi connectivity index (χ1n) is 7.16. The first-order chi connectivity index (χ1) is 11.9. The molecule has 0 bridgehead atoms. The van der Waals surface area contributed by atoms with Crippen LogP contribution in [-0.4, -0.2) is 43.0 Å². The minimum Gasteiger partial charge on any atom is -0.508 e. The van der Waals surface area contributed by atoms with Gasteiger partial charge in [0, 0.05) is 11.1 Å². The molecule has 2 aromatic carbocycles. The molecule has 1 aliphatic rings. The van der Waals surface area contributed by atoms with Crippen molar-refractivity contribution in [3.63, 3.8) is 0 Å². The smallest absolute Gasteiger partial charge is 0.270 e. The van der Waals surface area contributed by atoms with Gasteiger partial charge in [-0.2, -0.15) is 0 Å². The summed E-state index contributed by atoms with van der Waals surface area (Å²) >= 11 is 1.23. The summed E-state index contributed by atoms with van der Waals surface area (Å²) < 4.78 is 0. The molecule has 8 nitrogen and oxygen atoms in total. The third kappa shape index (κ3) is 3.13. The van der Waals surface area contributed by atoms with Crippen LogP contribution in [0.25, 0.3) is 0 Å². The Bertz CT molecular complexity index is 833. The molecule has 3 rings (SSSR count). The maximum atomic E-state index is 12.3. The van der Waals surface area contributed by atoms with E-state index in [0.717, 1.165) is 17.1 Å². The third-order valence-electron chi connectivity index (χ3n) is 3.62. The highest BCUT2D eigenvalue weighted by Gasteiger charge is 2.36. The van der Waals surface area contributed by atoms with Gasteiger partial charge in [-0.3, -0.25) is 15.0 Å². The van der Waals surface area contributed by atoms with Crippen LogP contribution in [0, 0.1) is 0 Å². The van der Waals surface area contributed by atoms with Gasteiger partial charge in [0.15, 0.2) is 17.2 Å². The van der Waals surface area contributed by atoms with Crippen LogP contribution in [0.1, 0.15) is 21.3 Å². The number of nitrogens with zero attached hydrogens (tertiary/aromatic N) is 1. The zero-order valence-electron chi connectivity index (χ0n) is 12.7. The highest BCUT2D eigenvalue weighted by Crippen LogP contribution is 2.41. The van der Waals surface area contributed by atoms with Gasteiger partial charge < -0.3 is 20.4 Å². The van der Waals surface area contributed by atoms with Gasteiger partial charge >= 0.3 is 0 Å². The molecule has 1 atom stereocenters. The maximum Gasteiger partial charge on any atom is 0.270 e. The highest BCUT2D eigenvalue weighted by molar-refractivity contribution is 8.00. The van der Waals surface area contributed by atoms with E-state index in [4.69, 9.17) is 0 Å². The van der Waals surface area contributed by atoms with Crippen molar-refractivity contribution in [3.8, 4) is 23.0 Å². The molecule has 1 saturated heterocycles. The van der Waals surface area contributed by atoms with E-state index in [2.05, 4.69) is 5.43 Å². The normalized spacial score (nSPS) is 16.9. The number of nitrogens with one attached hydrogen (secondary N) is 1. The van der Waals surface area contributed by atoms with E-state index in [-0.39, 0.29) is 23.0 Å². The van der Waals surface area contributed by atoms with Gasteiger partial charge in [-0.05, 0) is 18.2 Å². The second-order valence-corrected chi connectivity index (χ2v) is 6.36. The van der Waals surface area contributed by atoms with Crippen molar-refractivity contribution in [2.75, 3.05) is 5.75 Å². The molecule has 1 fully saturated rings. The number of hydrogen-bond donors (Lipinski definition) is 5. The fourth-order valence-corrected chi connectivity index (χ4v) is 3.52. The number of carbonyl (C=O) groups excluding carboxylic acids is 2. The van der Waals surface area contributed by atoms with Crippen molar-refractivity contribution >= 4 is 23.6 Å². The van der Waals surface area contributed by atoms with Crippen LogP contribution >= 0.6 is 11.8 Å². The van der Waals surface area contributed by atoms with Gasteiger partial charge in [-0.15, -0.1) is 11.8 Å².